The predicted molar refractivity (Wildman–Crippen MR) is 70.0 cm³/mol. The maximum Gasteiger partial charge on any atom is 0.134 e. The van der Waals surface area contributed by atoms with Crippen molar-refractivity contribution in [2.75, 3.05) is 0 Å². The first-order valence-corrected chi connectivity index (χ1v) is 6.47. The minimum Gasteiger partial charge on any atom is -0.460 e. The summed E-state index contributed by atoms with van der Waals surface area (Å²) in [5, 5.41) is 12.5. The lowest BCUT2D eigenvalue weighted by Crippen LogP contribution is -2.43. The molecule has 1 aromatic carbocycles. The van der Waals surface area contributed by atoms with E-state index >= 15 is 0 Å². The molecule has 2 N–H and O–H groups in total. The van der Waals surface area contributed by atoms with Gasteiger partial charge in [-0.05, 0) is 49.2 Å². The van der Waals surface area contributed by atoms with Gasteiger partial charge in [0.05, 0.1) is 12.6 Å². The van der Waals surface area contributed by atoms with Crippen molar-refractivity contribution in [1.82, 2.24) is 5.32 Å². The van der Waals surface area contributed by atoms with Crippen molar-refractivity contribution in [2.45, 2.75) is 31.5 Å². The maximum absolute atomic E-state index is 12.8. The quantitative estimate of drug-likeness (QED) is 0.889. The number of aliphatic hydroxyl groups is 1. The van der Waals surface area contributed by atoms with E-state index in [4.69, 9.17) is 4.42 Å². The molecule has 0 spiro atoms. The van der Waals surface area contributed by atoms with Gasteiger partial charge in [0, 0.05) is 11.6 Å². The molecule has 0 atom stereocenters. The number of hydrogen-bond acceptors (Lipinski definition) is 3. The largest absolute Gasteiger partial charge is 0.460 e. The van der Waals surface area contributed by atoms with Gasteiger partial charge in [-0.3, -0.25) is 0 Å². The van der Waals surface area contributed by atoms with Gasteiger partial charge in [0.2, 0.25) is 0 Å². The summed E-state index contributed by atoms with van der Waals surface area (Å²) in [6.07, 6.45) is 1.47. The lowest BCUT2D eigenvalue weighted by atomic mass is 9.89. The lowest BCUT2D eigenvalue weighted by molar-refractivity contribution is 0.0612. The zero-order valence-electron chi connectivity index (χ0n) is 10.5. The van der Waals surface area contributed by atoms with Crippen LogP contribution in [0.3, 0.4) is 0 Å². The third-order valence-corrected chi connectivity index (χ3v) is 3.47. The van der Waals surface area contributed by atoms with Gasteiger partial charge in [-0.25, -0.2) is 4.39 Å². The van der Waals surface area contributed by atoms with Gasteiger partial charge in [0.1, 0.15) is 17.3 Å². The monoisotopic (exact) mass is 261 g/mol. The molecular formula is C15H16FNO2. The van der Waals surface area contributed by atoms with Crippen LogP contribution < -0.4 is 5.32 Å². The molecule has 1 aromatic heterocycles. The van der Waals surface area contributed by atoms with Gasteiger partial charge in [-0.2, -0.15) is 0 Å². The normalized spacial score (nSPS) is 22.2. The summed E-state index contributed by atoms with van der Waals surface area (Å²) in [5.41, 5.74) is 0.867. The molecule has 1 heterocycles. The molecule has 0 amide bonds. The summed E-state index contributed by atoms with van der Waals surface area (Å²) in [6, 6.07) is 10.4. The Morgan fingerprint density at radius 2 is 1.89 bits per heavy atom. The van der Waals surface area contributed by atoms with Crippen molar-refractivity contribution in [1.29, 1.82) is 0 Å². The van der Waals surface area contributed by atoms with E-state index in [9.17, 15) is 9.50 Å². The minimum absolute atomic E-state index is 0.149. The van der Waals surface area contributed by atoms with Crippen molar-refractivity contribution in [2.24, 2.45) is 0 Å². The third kappa shape index (κ3) is 2.85. The Labute approximate surface area is 111 Å². The van der Waals surface area contributed by atoms with Gasteiger partial charge < -0.3 is 14.8 Å². The SMILES string of the molecule is OC1CC(NCc2ccc(-c3ccc(F)cc3)o2)C1. The Hall–Kier alpha value is -1.65. The smallest absolute Gasteiger partial charge is 0.134 e. The highest BCUT2D eigenvalue weighted by atomic mass is 19.1. The van der Waals surface area contributed by atoms with Crippen LogP contribution in [0.25, 0.3) is 11.3 Å². The molecule has 1 aliphatic rings. The maximum atomic E-state index is 12.8. The van der Waals surface area contributed by atoms with E-state index in [2.05, 4.69) is 5.32 Å². The second-order valence-electron chi connectivity index (χ2n) is 4.98. The highest BCUT2D eigenvalue weighted by molar-refractivity contribution is 5.57. The molecule has 1 fully saturated rings. The van der Waals surface area contributed by atoms with Crippen LogP contribution in [0.4, 0.5) is 4.39 Å². The molecule has 4 heteroatoms. The Kier molecular flexibility index (Phi) is 3.36. The molecule has 19 heavy (non-hydrogen) atoms. The minimum atomic E-state index is -0.249. The van der Waals surface area contributed by atoms with Crippen molar-refractivity contribution in [3.8, 4) is 11.3 Å². The van der Waals surface area contributed by atoms with E-state index < -0.39 is 0 Å². The molecule has 0 bridgehead atoms. The molecule has 1 aliphatic carbocycles. The summed E-state index contributed by atoms with van der Waals surface area (Å²) >= 11 is 0. The summed E-state index contributed by atoms with van der Waals surface area (Å²) < 4.78 is 18.5. The van der Waals surface area contributed by atoms with Crippen molar-refractivity contribution >= 4 is 0 Å². The Balaban J connectivity index is 1.61. The molecule has 100 valence electrons. The van der Waals surface area contributed by atoms with Crippen LogP contribution >= 0.6 is 0 Å². The third-order valence-electron chi connectivity index (χ3n) is 3.47. The predicted octanol–water partition coefficient (Wildman–Crippen LogP) is 2.70. The summed E-state index contributed by atoms with van der Waals surface area (Å²) in [7, 11) is 0. The Bertz CT molecular complexity index is 544. The van der Waals surface area contributed by atoms with Crippen molar-refractivity contribution < 1.29 is 13.9 Å². The van der Waals surface area contributed by atoms with Gasteiger partial charge >= 0.3 is 0 Å². The van der Waals surface area contributed by atoms with Gasteiger partial charge in [-0.1, -0.05) is 0 Å². The first-order chi connectivity index (χ1) is 9.20. The first kappa shape index (κ1) is 12.4. The number of nitrogens with one attached hydrogen (secondary N) is 1. The van der Waals surface area contributed by atoms with E-state index in [1.54, 1.807) is 12.1 Å². The van der Waals surface area contributed by atoms with E-state index in [-0.39, 0.29) is 11.9 Å². The second-order valence-corrected chi connectivity index (χ2v) is 4.98. The number of halogens is 1. The van der Waals surface area contributed by atoms with Crippen LogP contribution in [0.2, 0.25) is 0 Å². The average Bonchev–Trinajstić information content (AvgIpc) is 2.83. The average molecular weight is 261 g/mol. The topological polar surface area (TPSA) is 45.4 Å². The summed E-state index contributed by atoms with van der Waals surface area (Å²) in [4.78, 5) is 0. The van der Waals surface area contributed by atoms with Crippen molar-refractivity contribution in [3.05, 3.63) is 48.0 Å². The standard InChI is InChI=1S/C15H16FNO2/c16-11-3-1-10(2-4-11)15-6-5-14(19-15)9-17-12-7-13(18)8-12/h1-6,12-13,17-18H,7-9H2. The molecule has 3 rings (SSSR count). The van der Waals surface area contributed by atoms with Gasteiger partial charge in [-0.15, -0.1) is 0 Å². The molecule has 3 nitrogen and oxygen atoms in total. The van der Waals surface area contributed by atoms with Crippen LogP contribution in [0.15, 0.2) is 40.8 Å². The van der Waals surface area contributed by atoms with E-state index in [1.165, 1.54) is 12.1 Å². The molecule has 0 aliphatic heterocycles. The zero-order valence-corrected chi connectivity index (χ0v) is 10.5. The molecule has 1 saturated carbocycles. The number of aliphatic hydroxyl groups excluding tert-OH is 1. The molecular weight excluding hydrogens is 245 g/mol. The number of hydrogen-bond donors (Lipinski definition) is 2. The molecule has 2 aromatic rings. The fraction of sp³-hybridized carbons (Fsp3) is 0.333. The fourth-order valence-electron chi connectivity index (χ4n) is 2.24. The van der Waals surface area contributed by atoms with E-state index in [0.717, 1.165) is 29.9 Å². The molecule has 0 unspecified atom stereocenters. The highest BCUT2D eigenvalue weighted by Gasteiger charge is 2.26. The van der Waals surface area contributed by atoms with Crippen LogP contribution in [0.5, 0.6) is 0 Å². The number of rotatable bonds is 4. The number of furan rings is 1. The zero-order chi connectivity index (χ0) is 13.2. The van der Waals surface area contributed by atoms with Gasteiger partial charge in [0.25, 0.3) is 0 Å². The van der Waals surface area contributed by atoms with Crippen LogP contribution in [-0.4, -0.2) is 17.3 Å². The number of benzene rings is 1. The van der Waals surface area contributed by atoms with E-state index in [0.29, 0.717) is 12.6 Å². The summed E-state index contributed by atoms with van der Waals surface area (Å²) in [5.74, 6) is 1.34. The van der Waals surface area contributed by atoms with Crippen LogP contribution in [0.1, 0.15) is 18.6 Å². The molecule has 0 radical (unpaired) electrons. The lowest BCUT2D eigenvalue weighted by Gasteiger charge is -2.31. The fourth-order valence-corrected chi connectivity index (χ4v) is 2.24. The van der Waals surface area contributed by atoms with E-state index in [1.807, 2.05) is 12.1 Å². The van der Waals surface area contributed by atoms with Crippen molar-refractivity contribution in [3.63, 3.8) is 0 Å². The first-order valence-electron chi connectivity index (χ1n) is 6.47. The van der Waals surface area contributed by atoms with Crippen LogP contribution in [-0.2, 0) is 6.54 Å². The Morgan fingerprint density at radius 3 is 2.58 bits per heavy atom. The highest BCUT2D eigenvalue weighted by Crippen LogP contribution is 2.23. The summed E-state index contributed by atoms with van der Waals surface area (Å²) in [6.45, 7) is 0.651. The van der Waals surface area contributed by atoms with Gasteiger partial charge in [0.15, 0.2) is 0 Å². The Morgan fingerprint density at radius 1 is 1.16 bits per heavy atom. The van der Waals surface area contributed by atoms with Crippen LogP contribution in [0, 0.1) is 5.82 Å². The molecule has 0 saturated heterocycles. The second kappa shape index (κ2) is 5.15.